The molecule has 1 N–H and O–H groups in total. The number of carboxylic acids is 1. The highest BCUT2D eigenvalue weighted by Gasteiger charge is 2.24. The zero-order chi connectivity index (χ0) is 11.0. The number of aliphatic carboxylic acids is 1. The lowest BCUT2D eigenvalue weighted by Crippen LogP contribution is -2.14. The number of carbonyl (C=O) groups is 2. The topological polar surface area (TPSA) is 57.6 Å². The fourth-order valence-corrected chi connectivity index (χ4v) is 1.92. The van der Waals surface area contributed by atoms with Crippen LogP contribution in [0.5, 0.6) is 0 Å². The predicted octanol–water partition coefficient (Wildman–Crippen LogP) is 0.946. The Bertz CT molecular complexity index is 439. The van der Waals surface area contributed by atoms with Crippen LogP contribution in [0.4, 0.5) is 5.69 Å². The molecule has 0 atom stereocenters. The van der Waals surface area contributed by atoms with Gasteiger partial charge in [-0.05, 0) is 18.1 Å². The lowest BCUT2D eigenvalue weighted by Gasteiger charge is -2.11. The summed E-state index contributed by atoms with van der Waals surface area (Å²) in [6, 6.07) is 5.20. The maximum atomic E-state index is 11.4. The van der Waals surface area contributed by atoms with Crippen molar-refractivity contribution in [2.75, 3.05) is 18.5 Å². The molecule has 2 rings (SSSR count). The number of hydrogen-bond acceptors (Lipinski definition) is 3. The van der Waals surface area contributed by atoms with Crippen LogP contribution in [0, 0.1) is 0 Å². The van der Waals surface area contributed by atoms with Gasteiger partial charge >= 0.3 is 5.97 Å². The molecule has 0 aliphatic carbocycles. The van der Waals surface area contributed by atoms with Crippen molar-refractivity contribution in [1.29, 1.82) is 0 Å². The summed E-state index contributed by atoms with van der Waals surface area (Å²) in [5.74, 6) is -2.21. The first-order valence-electron chi connectivity index (χ1n) is 4.72. The summed E-state index contributed by atoms with van der Waals surface area (Å²) in [5.41, 5.74) is 2.14. The molecule has 78 valence electrons. The molecule has 0 saturated heterocycles. The van der Waals surface area contributed by atoms with Crippen LogP contribution in [0.15, 0.2) is 18.2 Å². The molecule has 0 bridgehead atoms. The van der Waals surface area contributed by atoms with Crippen molar-refractivity contribution in [2.45, 2.75) is 6.42 Å². The van der Waals surface area contributed by atoms with Crippen LogP contribution in [-0.4, -0.2) is 30.5 Å². The molecule has 0 fully saturated rings. The number of Topliss-reactive ketones (excluding diaryl/α,β-unsaturated/α-hetero) is 1. The molecular weight excluding hydrogens is 194 g/mol. The van der Waals surface area contributed by atoms with Gasteiger partial charge in [0, 0.05) is 24.8 Å². The molecule has 1 heterocycles. The highest BCUT2D eigenvalue weighted by molar-refractivity contribution is 6.40. The first-order chi connectivity index (χ1) is 7.11. The number of likely N-dealkylation sites (N-methyl/N-ethyl adjacent to an activating group) is 1. The average molecular weight is 205 g/mol. The van der Waals surface area contributed by atoms with Gasteiger partial charge in [0.15, 0.2) is 0 Å². The molecular formula is C11H11NO3. The van der Waals surface area contributed by atoms with Gasteiger partial charge in [0.1, 0.15) is 0 Å². The summed E-state index contributed by atoms with van der Waals surface area (Å²) in [7, 11) is 1.93. The third kappa shape index (κ3) is 1.48. The van der Waals surface area contributed by atoms with Gasteiger partial charge in [0.05, 0.1) is 0 Å². The van der Waals surface area contributed by atoms with Gasteiger partial charge in [-0.3, -0.25) is 4.79 Å². The first kappa shape index (κ1) is 9.71. The van der Waals surface area contributed by atoms with Gasteiger partial charge in [0.25, 0.3) is 5.78 Å². The summed E-state index contributed by atoms with van der Waals surface area (Å²) in [4.78, 5) is 24.0. The standard InChI is InChI=1S/C11H11NO3/c1-12-6-5-7-8(10(13)11(14)15)3-2-4-9(7)12/h2-4H,5-6H2,1H3,(H,14,15). The fraction of sp³-hybridized carbons (Fsp3) is 0.273. The highest BCUT2D eigenvalue weighted by Crippen LogP contribution is 2.29. The number of nitrogens with zero attached hydrogens (tertiary/aromatic N) is 1. The van der Waals surface area contributed by atoms with Gasteiger partial charge in [-0.1, -0.05) is 12.1 Å². The Balaban J connectivity index is 2.51. The summed E-state index contributed by atoms with van der Waals surface area (Å²) in [6.45, 7) is 0.833. The molecule has 0 unspecified atom stereocenters. The quantitative estimate of drug-likeness (QED) is 0.576. The van der Waals surface area contributed by atoms with Crippen LogP contribution in [-0.2, 0) is 11.2 Å². The van der Waals surface area contributed by atoms with Crippen molar-refractivity contribution in [3.05, 3.63) is 29.3 Å². The molecule has 0 aromatic heterocycles. The molecule has 1 aromatic rings. The molecule has 0 radical (unpaired) electrons. The van der Waals surface area contributed by atoms with E-state index >= 15 is 0 Å². The molecule has 15 heavy (non-hydrogen) atoms. The molecule has 1 aromatic carbocycles. The molecule has 1 aliphatic rings. The lowest BCUT2D eigenvalue weighted by atomic mass is 10.0. The van der Waals surface area contributed by atoms with Gasteiger partial charge in [-0.15, -0.1) is 0 Å². The Kier molecular flexibility index (Phi) is 2.19. The average Bonchev–Trinajstić information content (AvgIpc) is 2.59. The van der Waals surface area contributed by atoms with E-state index in [1.165, 1.54) is 0 Å². The third-order valence-corrected chi connectivity index (χ3v) is 2.70. The number of hydrogen-bond donors (Lipinski definition) is 1. The van der Waals surface area contributed by atoms with E-state index in [2.05, 4.69) is 0 Å². The molecule has 0 amide bonds. The summed E-state index contributed by atoms with van der Waals surface area (Å²) in [6.07, 6.45) is 0.737. The second kappa shape index (κ2) is 3.38. The van der Waals surface area contributed by atoms with Crippen LogP contribution in [0.2, 0.25) is 0 Å². The second-order valence-electron chi connectivity index (χ2n) is 3.61. The van der Waals surface area contributed by atoms with Crippen molar-refractivity contribution >= 4 is 17.4 Å². The van der Waals surface area contributed by atoms with Crippen LogP contribution in [0.1, 0.15) is 15.9 Å². The summed E-state index contributed by atoms with van der Waals surface area (Å²) < 4.78 is 0. The maximum Gasteiger partial charge on any atom is 0.377 e. The largest absolute Gasteiger partial charge is 0.475 e. The highest BCUT2D eigenvalue weighted by atomic mass is 16.4. The maximum absolute atomic E-state index is 11.4. The molecule has 0 saturated carbocycles. The number of benzene rings is 1. The molecule has 0 spiro atoms. The van der Waals surface area contributed by atoms with E-state index in [4.69, 9.17) is 5.11 Å². The van der Waals surface area contributed by atoms with E-state index in [9.17, 15) is 9.59 Å². The van der Waals surface area contributed by atoms with E-state index in [0.717, 1.165) is 24.2 Å². The summed E-state index contributed by atoms with van der Waals surface area (Å²) >= 11 is 0. The first-order valence-corrected chi connectivity index (χ1v) is 4.72. The van der Waals surface area contributed by atoms with E-state index in [0.29, 0.717) is 5.56 Å². The number of ketones is 1. The zero-order valence-corrected chi connectivity index (χ0v) is 8.36. The SMILES string of the molecule is CN1CCc2c(C(=O)C(=O)O)cccc21. The number of carboxylic acid groups (broad SMARTS) is 1. The summed E-state index contributed by atoms with van der Waals surface area (Å²) in [5, 5.41) is 8.67. The molecule has 4 heteroatoms. The van der Waals surface area contributed by atoms with E-state index < -0.39 is 11.8 Å². The Morgan fingerprint density at radius 1 is 1.40 bits per heavy atom. The minimum Gasteiger partial charge on any atom is -0.475 e. The monoisotopic (exact) mass is 205 g/mol. The normalized spacial score (nSPS) is 13.8. The predicted molar refractivity (Wildman–Crippen MR) is 55.4 cm³/mol. The third-order valence-electron chi connectivity index (χ3n) is 2.70. The number of fused-ring (bicyclic) bond motifs is 1. The fourth-order valence-electron chi connectivity index (χ4n) is 1.92. The Morgan fingerprint density at radius 2 is 2.13 bits per heavy atom. The van der Waals surface area contributed by atoms with E-state index in [1.54, 1.807) is 12.1 Å². The van der Waals surface area contributed by atoms with Crippen LogP contribution in [0.25, 0.3) is 0 Å². The second-order valence-corrected chi connectivity index (χ2v) is 3.61. The van der Waals surface area contributed by atoms with Crippen molar-refractivity contribution in [3.63, 3.8) is 0 Å². The van der Waals surface area contributed by atoms with Crippen molar-refractivity contribution in [3.8, 4) is 0 Å². The van der Waals surface area contributed by atoms with Crippen molar-refractivity contribution < 1.29 is 14.7 Å². The number of anilines is 1. The van der Waals surface area contributed by atoms with Gasteiger partial charge in [-0.2, -0.15) is 0 Å². The van der Waals surface area contributed by atoms with Crippen LogP contribution in [0.3, 0.4) is 0 Å². The molecule has 4 nitrogen and oxygen atoms in total. The Morgan fingerprint density at radius 3 is 2.80 bits per heavy atom. The van der Waals surface area contributed by atoms with Gasteiger partial charge < -0.3 is 10.0 Å². The number of rotatable bonds is 2. The Hall–Kier alpha value is -1.84. The van der Waals surface area contributed by atoms with Crippen LogP contribution >= 0.6 is 0 Å². The minimum atomic E-state index is -1.39. The van der Waals surface area contributed by atoms with Crippen molar-refractivity contribution in [2.24, 2.45) is 0 Å². The zero-order valence-electron chi connectivity index (χ0n) is 8.36. The lowest BCUT2D eigenvalue weighted by molar-refractivity contribution is -0.131. The smallest absolute Gasteiger partial charge is 0.377 e. The van der Waals surface area contributed by atoms with E-state index in [-0.39, 0.29) is 0 Å². The molecule has 1 aliphatic heterocycles. The Labute approximate surface area is 87.1 Å². The van der Waals surface area contributed by atoms with Crippen LogP contribution < -0.4 is 4.90 Å². The van der Waals surface area contributed by atoms with E-state index in [1.807, 2.05) is 18.0 Å². The van der Waals surface area contributed by atoms with Gasteiger partial charge in [-0.25, -0.2) is 4.79 Å². The van der Waals surface area contributed by atoms with Crippen molar-refractivity contribution in [1.82, 2.24) is 0 Å². The minimum absolute atomic E-state index is 0.323. The van der Waals surface area contributed by atoms with Gasteiger partial charge in [0.2, 0.25) is 0 Å². The number of carbonyl (C=O) groups excluding carboxylic acids is 1.